The fourth-order valence-electron chi connectivity index (χ4n) is 3.48. The van der Waals surface area contributed by atoms with Crippen molar-refractivity contribution in [1.82, 2.24) is 20.2 Å². The molecule has 0 aliphatic rings. The van der Waals surface area contributed by atoms with E-state index in [9.17, 15) is 4.79 Å². The summed E-state index contributed by atoms with van der Waals surface area (Å²) in [5, 5.41) is 12.4. The molecule has 0 aliphatic carbocycles. The van der Waals surface area contributed by atoms with Crippen molar-refractivity contribution in [2.75, 3.05) is 5.32 Å². The summed E-state index contributed by atoms with van der Waals surface area (Å²) in [5.74, 6) is 1.17. The molecule has 0 unspecified atom stereocenters. The van der Waals surface area contributed by atoms with E-state index in [2.05, 4.69) is 20.5 Å². The summed E-state index contributed by atoms with van der Waals surface area (Å²) in [5.41, 5.74) is 4.01. The first-order chi connectivity index (χ1) is 14.8. The maximum Gasteiger partial charge on any atom is 0.194 e. The van der Waals surface area contributed by atoms with Crippen LogP contribution in [0, 0.1) is 0 Å². The minimum absolute atomic E-state index is 0.582. The molecule has 2 aromatic carbocycles. The highest BCUT2D eigenvalue weighted by atomic mass is 32.1. The van der Waals surface area contributed by atoms with Gasteiger partial charge in [-0.3, -0.25) is 9.89 Å². The second-order valence-electron chi connectivity index (χ2n) is 6.85. The third-order valence-corrected chi connectivity index (χ3v) is 5.94. The summed E-state index contributed by atoms with van der Waals surface area (Å²) >= 11 is 1.45. The predicted molar refractivity (Wildman–Crippen MR) is 117 cm³/mol. The number of H-pyrrole nitrogens is 1. The highest BCUT2D eigenvalue weighted by molar-refractivity contribution is 7.20. The molecule has 2 N–H and O–H groups in total. The Morgan fingerprint density at radius 2 is 2.00 bits per heavy atom. The van der Waals surface area contributed by atoms with Crippen molar-refractivity contribution in [1.29, 1.82) is 0 Å². The molecular weight excluding hydrogens is 398 g/mol. The van der Waals surface area contributed by atoms with Crippen LogP contribution in [-0.4, -0.2) is 26.5 Å². The Kier molecular flexibility index (Phi) is 3.65. The topological polar surface area (TPSA) is 96.7 Å². The number of hydrogen-bond donors (Lipinski definition) is 2. The number of hydrogen-bond acceptors (Lipinski definition) is 7. The number of thiophene rings is 1. The van der Waals surface area contributed by atoms with Gasteiger partial charge in [-0.05, 0) is 35.7 Å². The summed E-state index contributed by atoms with van der Waals surface area (Å²) in [6.45, 7) is 0. The number of rotatable bonds is 4. The maximum atomic E-state index is 11.1. The largest absolute Gasteiger partial charge is 0.459 e. The van der Waals surface area contributed by atoms with Crippen LogP contribution in [0.15, 0.2) is 65.4 Å². The van der Waals surface area contributed by atoms with E-state index in [1.165, 1.54) is 11.3 Å². The van der Waals surface area contributed by atoms with Crippen LogP contribution in [0.1, 0.15) is 9.67 Å². The molecule has 0 saturated heterocycles. The molecule has 0 fully saturated rings. The molecular formula is C22H13N5O2S. The van der Waals surface area contributed by atoms with Gasteiger partial charge in [0.2, 0.25) is 0 Å². The number of anilines is 2. The van der Waals surface area contributed by atoms with Gasteiger partial charge in [0.05, 0.1) is 22.9 Å². The molecule has 6 aromatic rings. The normalized spacial score (nSPS) is 11.5. The third kappa shape index (κ3) is 2.73. The minimum Gasteiger partial charge on any atom is -0.459 e. The molecule has 0 spiro atoms. The van der Waals surface area contributed by atoms with Crippen molar-refractivity contribution < 1.29 is 9.21 Å². The van der Waals surface area contributed by atoms with Gasteiger partial charge in [-0.2, -0.15) is 5.10 Å². The molecule has 0 atom stereocenters. The lowest BCUT2D eigenvalue weighted by atomic mass is 10.1. The number of fused-ring (bicyclic) bond motifs is 3. The van der Waals surface area contributed by atoms with E-state index in [1.54, 1.807) is 12.5 Å². The maximum absolute atomic E-state index is 11.1. The third-order valence-electron chi connectivity index (χ3n) is 4.92. The smallest absolute Gasteiger partial charge is 0.194 e. The van der Waals surface area contributed by atoms with Gasteiger partial charge in [-0.25, -0.2) is 9.97 Å². The van der Waals surface area contributed by atoms with Gasteiger partial charge in [0.25, 0.3) is 0 Å². The molecule has 8 heteroatoms. The van der Waals surface area contributed by atoms with Crippen molar-refractivity contribution in [3.63, 3.8) is 0 Å². The fraction of sp³-hybridized carbons (Fsp3) is 0. The predicted octanol–water partition coefficient (Wildman–Crippen LogP) is 5.54. The van der Waals surface area contributed by atoms with Gasteiger partial charge in [0.15, 0.2) is 23.5 Å². The van der Waals surface area contributed by atoms with E-state index in [0.29, 0.717) is 27.6 Å². The number of aromatic nitrogens is 4. The van der Waals surface area contributed by atoms with Crippen LogP contribution < -0.4 is 5.32 Å². The Labute approximate surface area is 173 Å². The number of carbonyl (C=O) groups excluding carboxylic acids is 1. The Bertz CT molecular complexity index is 1560. The Morgan fingerprint density at radius 3 is 2.93 bits per heavy atom. The molecule has 30 heavy (non-hydrogen) atoms. The molecule has 0 radical (unpaired) electrons. The highest BCUT2D eigenvalue weighted by Gasteiger charge is 2.14. The van der Waals surface area contributed by atoms with Crippen LogP contribution in [0.3, 0.4) is 0 Å². The van der Waals surface area contributed by atoms with E-state index in [4.69, 9.17) is 9.40 Å². The van der Waals surface area contributed by atoms with Crippen LogP contribution in [-0.2, 0) is 0 Å². The quantitative estimate of drug-likeness (QED) is 0.370. The number of nitrogens with zero attached hydrogens (tertiary/aromatic N) is 3. The summed E-state index contributed by atoms with van der Waals surface area (Å²) < 4.78 is 6.65. The van der Waals surface area contributed by atoms with Crippen LogP contribution in [0.25, 0.3) is 43.5 Å². The first kappa shape index (κ1) is 16.9. The SMILES string of the molecule is O=Cc1cc2ccc(-c3nc(Nc4ccc5[nH]ncc5c4)c4occc4n3)cc2s1. The fourth-order valence-corrected chi connectivity index (χ4v) is 4.40. The van der Waals surface area contributed by atoms with Gasteiger partial charge in [0.1, 0.15) is 5.52 Å². The van der Waals surface area contributed by atoms with Crippen LogP contribution >= 0.6 is 11.3 Å². The summed E-state index contributed by atoms with van der Waals surface area (Å²) in [7, 11) is 0. The number of benzene rings is 2. The molecule has 7 nitrogen and oxygen atoms in total. The lowest BCUT2D eigenvalue weighted by molar-refractivity contribution is 0.112. The minimum atomic E-state index is 0.582. The highest BCUT2D eigenvalue weighted by Crippen LogP contribution is 2.32. The van der Waals surface area contributed by atoms with Gasteiger partial charge in [-0.15, -0.1) is 11.3 Å². The molecule has 4 aromatic heterocycles. The number of aldehydes is 1. The molecule has 0 saturated carbocycles. The van der Waals surface area contributed by atoms with E-state index < -0.39 is 0 Å². The Hall–Kier alpha value is -4.04. The van der Waals surface area contributed by atoms with E-state index in [0.717, 1.165) is 38.5 Å². The van der Waals surface area contributed by atoms with Gasteiger partial charge in [-0.1, -0.05) is 12.1 Å². The molecule has 0 bridgehead atoms. The lowest BCUT2D eigenvalue weighted by Gasteiger charge is -2.08. The van der Waals surface area contributed by atoms with Crippen molar-refractivity contribution in [3.05, 3.63) is 65.9 Å². The second kappa shape index (κ2) is 6.50. The van der Waals surface area contributed by atoms with Crippen LogP contribution in [0.5, 0.6) is 0 Å². The van der Waals surface area contributed by atoms with Crippen molar-refractivity contribution >= 4 is 61.2 Å². The zero-order valence-electron chi connectivity index (χ0n) is 15.4. The molecule has 0 aliphatic heterocycles. The zero-order valence-corrected chi connectivity index (χ0v) is 16.2. The lowest BCUT2D eigenvalue weighted by Crippen LogP contribution is -1.98. The number of nitrogens with one attached hydrogen (secondary N) is 2. The first-order valence-corrected chi connectivity index (χ1v) is 10.0. The average Bonchev–Trinajstić information content (AvgIpc) is 3.51. The summed E-state index contributed by atoms with van der Waals surface area (Å²) in [4.78, 5) is 21.2. The standard InChI is InChI=1S/C22H13N5O2S/c28-11-16-8-12-1-2-13(9-19(12)30-16)21-25-18-5-6-29-20(18)22(26-21)24-15-3-4-17-14(7-15)10-23-27-17/h1-11H,(H,23,27)(H,24,25,26). The number of furan rings is 1. The van der Waals surface area contributed by atoms with Crippen molar-refractivity contribution in [2.24, 2.45) is 0 Å². The van der Waals surface area contributed by atoms with Crippen LogP contribution in [0.4, 0.5) is 11.5 Å². The number of carbonyl (C=O) groups is 1. The van der Waals surface area contributed by atoms with Gasteiger partial charge in [0, 0.05) is 27.4 Å². The summed E-state index contributed by atoms with van der Waals surface area (Å²) in [6, 6.07) is 15.6. The van der Waals surface area contributed by atoms with Gasteiger partial charge >= 0.3 is 0 Å². The first-order valence-electron chi connectivity index (χ1n) is 9.21. The Morgan fingerprint density at radius 1 is 1.03 bits per heavy atom. The van der Waals surface area contributed by atoms with E-state index in [1.807, 2.05) is 48.5 Å². The van der Waals surface area contributed by atoms with Crippen molar-refractivity contribution in [3.8, 4) is 11.4 Å². The Balaban J connectivity index is 1.46. The van der Waals surface area contributed by atoms with E-state index >= 15 is 0 Å². The molecule has 0 amide bonds. The number of aromatic amines is 1. The van der Waals surface area contributed by atoms with Gasteiger partial charge < -0.3 is 9.73 Å². The van der Waals surface area contributed by atoms with Crippen LogP contribution in [0.2, 0.25) is 0 Å². The monoisotopic (exact) mass is 411 g/mol. The van der Waals surface area contributed by atoms with E-state index in [-0.39, 0.29) is 0 Å². The zero-order chi connectivity index (χ0) is 20.1. The molecule has 6 rings (SSSR count). The molecule has 4 heterocycles. The summed E-state index contributed by atoms with van der Waals surface area (Å²) in [6.07, 6.45) is 4.25. The van der Waals surface area contributed by atoms with Crippen molar-refractivity contribution in [2.45, 2.75) is 0 Å². The molecule has 144 valence electrons. The second-order valence-corrected chi connectivity index (χ2v) is 7.96. The average molecular weight is 411 g/mol.